The van der Waals surface area contributed by atoms with Gasteiger partial charge in [0.25, 0.3) is 0 Å². The Morgan fingerprint density at radius 3 is 2.92 bits per heavy atom. The molecule has 0 atom stereocenters. The Morgan fingerprint density at radius 2 is 2.33 bits per heavy atom. The molecular weight excluding hydrogens is 148 g/mol. The molecule has 2 heteroatoms. The Bertz CT molecular complexity index is 234. The Morgan fingerprint density at radius 1 is 1.58 bits per heavy atom. The fraction of sp³-hybridized carbons (Fsp3) is 0.400. The lowest BCUT2D eigenvalue weighted by atomic mass is 10.1. The summed E-state index contributed by atoms with van der Waals surface area (Å²) in [7, 11) is 0. The minimum atomic E-state index is 0.564. The third-order valence-electron chi connectivity index (χ3n) is 1.64. The highest BCUT2D eigenvalue weighted by Crippen LogP contribution is 2.08. The van der Waals surface area contributed by atoms with E-state index < -0.39 is 0 Å². The normalized spacial score (nSPS) is 19.7. The molecule has 12 heavy (non-hydrogen) atoms. The molecule has 66 valence electrons. The van der Waals surface area contributed by atoms with Gasteiger partial charge in [0.15, 0.2) is 0 Å². The van der Waals surface area contributed by atoms with Crippen molar-refractivity contribution < 1.29 is 0 Å². The highest BCUT2D eigenvalue weighted by Gasteiger charge is 1.99. The van der Waals surface area contributed by atoms with Crippen LogP contribution in [0.25, 0.3) is 0 Å². The van der Waals surface area contributed by atoms with Crippen LogP contribution in [0.5, 0.6) is 0 Å². The van der Waals surface area contributed by atoms with Crippen LogP contribution >= 0.6 is 0 Å². The van der Waals surface area contributed by atoms with Crippen molar-refractivity contribution >= 4 is 0 Å². The van der Waals surface area contributed by atoms with E-state index in [1.165, 1.54) is 5.57 Å². The van der Waals surface area contributed by atoms with Gasteiger partial charge in [0, 0.05) is 18.4 Å². The first-order valence-corrected chi connectivity index (χ1v) is 4.28. The van der Waals surface area contributed by atoms with E-state index in [-0.39, 0.29) is 0 Å². The second-order valence-electron chi connectivity index (χ2n) is 3.27. The van der Waals surface area contributed by atoms with Crippen molar-refractivity contribution in [2.75, 3.05) is 6.54 Å². The first-order valence-electron chi connectivity index (χ1n) is 4.28. The van der Waals surface area contributed by atoms with Crippen molar-refractivity contribution in [2.24, 2.45) is 11.7 Å². The molecule has 0 aromatic rings. The van der Waals surface area contributed by atoms with E-state index in [9.17, 15) is 0 Å². The zero-order chi connectivity index (χ0) is 8.97. The topological polar surface area (TPSA) is 38.0 Å². The second-order valence-corrected chi connectivity index (χ2v) is 3.27. The zero-order valence-electron chi connectivity index (χ0n) is 7.67. The molecule has 0 saturated carbocycles. The molecule has 0 bridgehead atoms. The largest absolute Gasteiger partial charge is 0.362 e. The second kappa shape index (κ2) is 4.12. The predicted molar refractivity (Wildman–Crippen MR) is 52.3 cm³/mol. The molecule has 0 radical (unpaired) electrons. The minimum absolute atomic E-state index is 0.564. The van der Waals surface area contributed by atoms with Crippen molar-refractivity contribution in [3.8, 4) is 0 Å². The van der Waals surface area contributed by atoms with E-state index in [2.05, 4.69) is 31.3 Å². The van der Waals surface area contributed by atoms with Gasteiger partial charge in [0.1, 0.15) is 0 Å². The van der Waals surface area contributed by atoms with E-state index in [1.807, 2.05) is 12.3 Å². The molecule has 2 nitrogen and oxygen atoms in total. The molecule has 3 N–H and O–H groups in total. The van der Waals surface area contributed by atoms with E-state index in [4.69, 9.17) is 5.73 Å². The Kier molecular flexibility index (Phi) is 3.11. The average molecular weight is 164 g/mol. The lowest BCUT2D eigenvalue weighted by Crippen LogP contribution is -2.12. The monoisotopic (exact) mass is 164 g/mol. The summed E-state index contributed by atoms with van der Waals surface area (Å²) in [5.41, 5.74) is 7.84. The van der Waals surface area contributed by atoms with Gasteiger partial charge < -0.3 is 11.1 Å². The maximum atomic E-state index is 5.52. The van der Waals surface area contributed by atoms with Gasteiger partial charge in [0.05, 0.1) is 0 Å². The first-order chi connectivity index (χ1) is 5.72. The maximum absolute atomic E-state index is 5.52. The van der Waals surface area contributed by atoms with Gasteiger partial charge in [-0.1, -0.05) is 19.9 Å². The van der Waals surface area contributed by atoms with E-state index in [0.717, 1.165) is 5.70 Å². The van der Waals surface area contributed by atoms with Gasteiger partial charge in [-0.3, -0.25) is 0 Å². The number of hydrogen-bond acceptors (Lipinski definition) is 2. The van der Waals surface area contributed by atoms with Crippen molar-refractivity contribution in [1.29, 1.82) is 0 Å². The smallest absolute Gasteiger partial charge is 0.0345 e. The summed E-state index contributed by atoms with van der Waals surface area (Å²) < 4.78 is 0. The highest BCUT2D eigenvalue weighted by atomic mass is 14.9. The molecule has 1 rings (SSSR count). The summed E-state index contributed by atoms with van der Waals surface area (Å²) in [6.07, 6.45) is 8.19. The van der Waals surface area contributed by atoms with Crippen LogP contribution in [0.15, 0.2) is 35.7 Å². The van der Waals surface area contributed by atoms with Crippen LogP contribution in [0.1, 0.15) is 13.8 Å². The number of hydrogen-bond donors (Lipinski definition) is 2. The molecule has 0 spiro atoms. The Labute approximate surface area is 73.8 Å². The summed E-state index contributed by atoms with van der Waals surface area (Å²) in [5, 5.41) is 3.16. The van der Waals surface area contributed by atoms with Crippen LogP contribution in [0.2, 0.25) is 0 Å². The molecule has 0 aliphatic carbocycles. The van der Waals surface area contributed by atoms with Gasteiger partial charge in [-0.25, -0.2) is 0 Å². The van der Waals surface area contributed by atoms with Gasteiger partial charge in [-0.05, 0) is 23.6 Å². The lowest BCUT2D eigenvalue weighted by Gasteiger charge is -2.11. The molecule has 0 unspecified atom stereocenters. The molecule has 0 saturated heterocycles. The molecule has 0 aromatic carbocycles. The molecule has 1 aliphatic rings. The predicted octanol–water partition coefficient (Wildman–Crippen LogP) is 1.53. The summed E-state index contributed by atoms with van der Waals surface area (Å²) in [4.78, 5) is 0. The highest BCUT2D eigenvalue weighted by molar-refractivity contribution is 5.35. The quantitative estimate of drug-likeness (QED) is 0.649. The SMILES string of the molecule is CC(C)C=C1C=C(CN)C=CN1. The fourth-order valence-corrected chi connectivity index (χ4v) is 1.12. The number of dihydropyridines is 1. The summed E-state index contributed by atoms with van der Waals surface area (Å²) in [5.74, 6) is 0.564. The average Bonchev–Trinajstić information content (AvgIpc) is 2.03. The molecule has 1 heterocycles. The van der Waals surface area contributed by atoms with Gasteiger partial charge in [-0.15, -0.1) is 0 Å². The van der Waals surface area contributed by atoms with Crippen LogP contribution in [0.3, 0.4) is 0 Å². The van der Waals surface area contributed by atoms with E-state index in [1.54, 1.807) is 0 Å². The summed E-state index contributed by atoms with van der Waals surface area (Å²) >= 11 is 0. The molecule has 0 fully saturated rings. The standard InChI is InChI=1S/C10H16N2/c1-8(2)5-10-6-9(7-11)3-4-12-10/h3-6,8,12H,7,11H2,1-2H3. The number of nitrogens with one attached hydrogen (secondary N) is 1. The lowest BCUT2D eigenvalue weighted by molar-refractivity contribution is 0.813. The number of nitrogens with two attached hydrogens (primary N) is 1. The van der Waals surface area contributed by atoms with Crippen LogP contribution in [-0.4, -0.2) is 6.54 Å². The maximum Gasteiger partial charge on any atom is 0.0345 e. The van der Waals surface area contributed by atoms with Gasteiger partial charge >= 0.3 is 0 Å². The van der Waals surface area contributed by atoms with E-state index in [0.29, 0.717) is 12.5 Å². The van der Waals surface area contributed by atoms with Crippen molar-refractivity contribution in [2.45, 2.75) is 13.8 Å². The molecular formula is C10H16N2. The molecule has 0 amide bonds. The molecule has 0 aromatic heterocycles. The minimum Gasteiger partial charge on any atom is -0.362 e. The first kappa shape index (κ1) is 9.07. The fourth-order valence-electron chi connectivity index (χ4n) is 1.12. The van der Waals surface area contributed by atoms with Crippen molar-refractivity contribution in [1.82, 2.24) is 5.32 Å². The summed E-state index contributed by atoms with van der Waals surface area (Å²) in [6.45, 7) is 4.92. The van der Waals surface area contributed by atoms with E-state index >= 15 is 0 Å². The van der Waals surface area contributed by atoms with Gasteiger partial charge in [-0.2, -0.15) is 0 Å². The van der Waals surface area contributed by atoms with Gasteiger partial charge in [0.2, 0.25) is 0 Å². The number of rotatable bonds is 2. The van der Waals surface area contributed by atoms with Crippen molar-refractivity contribution in [3.63, 3.8) is 0 Å². The van der Waals surface area contributed by atoms with Crippen LogP contribution in [-0.2, 0) is 0 Å². The van der Waals surface area contributed by atoms with Crippen molar-refractivity contribution in [3.05, 3.63) is 35.7 Å². The summed E-state index contributed by atoms with van der Waals surface area (Å²) in [6, 6.07) is 0. The Hall–Kier alpha value is -1.02. The third kappa shape index (κ3) is 2.55. The number of allylic oxidation sites excluding steroid dienone is 2. The van der Waals surface area contributed by atoms with Crippen LogP contribution in [0.4, 0.5) is 0 Å². The molecule has 1 aliphatic heterocycles. The van der Waals surface area contributed by atoms with Crippen LogP contribution in [0, 0.1) is 5.92 Å². The Balaban J connectivity index is 2.71. The van der Waals surface area contributed by atoms with Crippen LogP contribution < -0.4 is 11.1 Å². The third-order valence-corrected chi connectivity index (χ3v) is 1.64. The zero-order valence-corrected chi connectivity index (χ0v) is 7.67.